The first-order chi connectivity index (χ1) is 5.81. The van der Waals surface area contributed by atoms with Crippen LogP contribution in [-0.2, 0) is 0 Å². The van der Waals surface area contributed by atoms with E-state index in [9.17, 15) is 5.21 Å². The third kappa shape index (κ3) is 7.72. The largest absolute Gasteiger partial charge is 0.314 e. The lowest BCUT2D eigenvalue weighted by Crippen LogP contribution is -2.25. The lowest BCUT2D eigenvalue weighted by atomic mass is 10.4. The topological polar surface area (TPSA) is 35.5 Å². The van der Waals surface area contributed by atoms with E-state index in [4.69, 9.17) is 0 Å². The number of nitrogens with one attached hydrogen (secondary N) is 1. The van der Waals surface area contributed by atoms with Gasteiger partial charge in [0.15, 0.2) is 0 Å². The first-order valence-corrected chi connectivity index (χ1v) is 4.56. The van der Waals surface area contributed by atoms with Gasteiger partial charge in [0, 0.05) is 19.6 Å². The molecule has 0 rings (SSSR count). The number of hydrogen-bond acceptors (Lipinski definition) is 3. The molecule has 0 saturated heterocycles. The second-order valence-electron chi connectivity index (χ2n) is 2.80. The van der Waals surface area contributed by atoms with Gasteiger partial charge in [-0.1, -0.05) is 13.0 Å². The maximum atomic E-state index is 9.19. The molecule has 0 aromatic rings. The van der Waals surface area contributed by atoms with Gasteiger partial charge in [-0.2, -0.15) is 5.06 Å². The summed E-state index contributed by atoms with van der Waals surface area (Å²) in [5, 5.41) is 13.7. The molecule has 0 bridgehead atoms. The number of nitrogens with zero attached hydrogens (tertiary/aromatic N) is 1. The Morgan fingerprint density at radius 3 is 2.83 bits per heavy atom. The van der Waals surface area contributed by atoms with Crippen molar-refractivity contribution in [1.82, 2.24) is 10.4 Å². The van der Waals surface area contributed by atoms with Crippen molar-refractivity contribution in [3.63, 3.8) is 0 Å². The van der Waals surface area contributed by atoms with Gasteiger partial charge in [0.1, 0.15) is 0 Å². The summed E-state index contributed by atoms with van der Waals surface area (Å²) in [6, 6.07) is 0. The van der Waals surface area contributed by atoms with Crippen LogP contribution in [0.4, 0.5) is 0 Å². The Kier molecular flexibility index (Phi) is 8.44. The molecule has 0 aliphatic carbocycles. The second-order valence-corrected chi connectivity index (χ2v) is 2.80. The minimum absolute atomic E-state index is 0.748. The van der Waals surface area contributed by atoms with Crippen LogP contribution in [0.3, 0.4) is 0 Å². The molecule has 0 atom stereocenters. The first-order valence-electron chi connectivity index (χ1n) is 4.56. The summed E-state index contributed by atoms with van der Waals surface area (Å²) in [6.45, 7) is 8.95. The molecule has 0 aromatic carbocycles. The van der Waals surface area contributed by atoms with E-state index < -0.39 is 0 Å². The van der Waals surface area contributed by atoms with Crippen LogP contribution in [0.1, 0.15) is 19.8 Å². The summed E-state index contributed by atoms with van der Waals surface area (Å²) in [4.78, 5) is 0. The molecule has 0 spiro atoms. The highest BCUT2D eigenvalue weighted by Crippen LogP contribution is 1.87. The molecule has 0 heterocycles. The highest BCUT2D eigenvalue weighted by molar-refractivity contribution is 4.69. The van der Waals surface area contributed by atoms with Gasteiger partial charge in [-0.25, -0.2) is 0 Å². The zero-order chi connectivity index (χ0) is 9.23. The molecule has 72 valence electrons. The fraction of sp³-hybridized carbons (Fsp3) is 0.778. The van der Waals surface area contributed by atoms with Gasteiger partial charge < -0.3 is 10.5 Å². The molecule has 0 unspecified atom stereocenters. The van der Waals surface area contributed by atoms with Gasteiger partial charge in [0.25, 0.3) is 0 Å². The molecular weight excluding hydrogens is 152 g/mol. The Morgan fingerprint density at radius 2 is 2.25 bits per heavy atom. The summed E-state index contributed by atoms with van der Waals surface area (Å²) in [5.41, 5.74) is 0. The Balaban J connectivity index is 3.02. The quantitative estimate of drug-likeness (QED) is 0.328. The van der Waals surface area contributed by atoms with Crippen molar-refractivity contribution in [2.45, 2.75) is 19.8 Å². The van der Waals surface area contributed by atoms with E-state index in [2.05, 4.69) is 18.8 Å². The Hall–Kier alpha value is -0.380. The van der Waals surface area contributed by atoms with E-state index in [1.165, 1.54) is 5.06 Å². The molecule has 0 fully saturated rings. The average molecular weight is 172 g/mol. The summed E-state index contributed by atoms with van der Waals surface area (Å²) < 4.78 is 0. The summed E-state index contributed by atoms with van der Waals surface area (Å²) in [7, 11) is 0. The third-order valence-electron chi connectivity index (χ3n) is 1.54. The van der Waals surface area contributed by atoms with Crippen LogP contribution < -0.4 is 5.32 Å². The monoisotopic (exact) mass is 172 g/mol. The standard InChI is InChI=1S/C9H20N2O/c1-3-6-10-7-5-9-11(12)8-4-2/h3,10,12H,1,4-9H2,2H3. The van der Waals surface area contributed by atoms with Crippen molar-refractivity contribution < 1.29 is 5.21 Å². The van der Waals surface area contributed by atoms with Crippen molar-refractivity contribution in [2.75, 3.05) is 26.2 Å². The van der Waals surface area contributed by atoms with Crippen LogP contribution >= 0.6 is 0 Å². The molecule has 3 nitrogen and oxygen atoms in total. The summed E-state index contributed by atoms with van der Waals surface area (Å²) >= 11 is 0. The number of hydrogen-bond donors (Lipinski definition) is 2. The molecule has 0 aromatic heterocycles. The van der Waals surface area contributed by atoms with Crippen LogP contribution in [0.25, 0.3) is 0 Å². The fourth-order valence-corrected chi connectivity index (χ4v) is 0.961. The van der Waals surface area contributed by atoms with Crippen LogP contribution in [-0.4, -0.2) is 36.4 Å². The van der Waals surface area contributed by atoms with Gasteiger partial charge >= 0.3 is 0 Å². The normalized spacial score (nSPS) is 10.6. The van der Waals surface area contributed by atoms with Crippen molar-refractivity contribution >= 4 is 0 Å². The van der Waals surface area contributed by atoms with Gasteiger partial charge in [0.2, 0.25) is 0 Å². The maximum absolute atomic E-state index is 9.19. The molecule has 0 aliphatic rings. The summed E-state index contributed by atoms with van der Waals surface area (Å²) in [5.74, 6) is 0. The van der Waals surface area contributed by atoms with Crippen molar-refractivity contribution in [3.8, 4) is 0 Å². The maximum Gasteiger partial charge on any atom is 0.0250 e. The van der Waals surface area contributed by atoms with E-state index in [1.807, 2.05) is 6.08 Å². The van der Waals surface area contributed by atoms with Crippen molar-refractivity contribution in [3.05, 3.63) is 12.7 Å². The van der Waals surface area contributed by atoms with E-state index in [1.54, 1.807) is 0 Å². The molecule has 0 radical (unpaired) electrons. The van der Waals surface area contributed by atoms with Crippen molar-refractivity contribution in [1.29, 1.82) is 0 Å². The number of rotatable bonds is 8. The number of hydroxylamine groups is 2. The lowest BCUT2D eigenvalue weighted by Gasteiger charge is -2.12. The first kappa shape index (κ1) is 11.6. The Morgan fingerprint density at radius 1 is 1.50 bits per heavy atom. The molecular formula is C9H20N2O. The van der Waals surface area contributed by atoms with Crippen molar-refractivity contribution in [2.24, 2.45) is 0 Å². The Labute approximate surface area is 75.0 Å². The minimum atomic E-state index is 0.748. The molecule has 0 saturated carbocycles. The minimum Gasteiger partial charge on any atom is -0.314 e. The molecule has 3 heteroatoms. The molecule has 12 heavy (non-hydrogen) atoms. The van der Waals surface area contributed by atoms with Crippen LogP contribution in [0, 0.1) is 0 Å². The van der Waals surface area contributed by atoms with Gasteiger partial charge in [-0.15, -0.1) is 6.58 Å². The smallest absolute Gasteiger partial charge is 0.0250 e. The highest BCUT2D eigenvalue weighted by Gasteiger charge is 1.96. The lowest BCUT2D eigenvalue weighted by molar-refractivity contribution is -0.0907. The second kappa shape index (κ2) is 8.71. The Bertz CT molecular complexity index is 107. The van der Waals surface area contributed by atoms with Crippen LogP contribution in [0.5, 0.6) is 0 Å². The van der Waals surface area contributed by atoms with E-state index in [0.717, 1.165) is 39.0 Å². The van der Waals surface area contributed by atoms with Crippen LogP contribution in [0.15, 0.2) is 12.7 Å². The van der Waals surface area contributed by atoms with E-state index >= 15 is 0 Å². The predicted octanol–water partition coefficient (Wildman–Crippen LogP) is 1.25. The zero-order valence-electron chi connectivity index (χ0n) is 7.92. The van der Waals surface area contributed by atoms with Crippen LogP contribution in [0.2, 0.25) is 0 Å². The SMILES string of the molecule is C=CCNCCCN(O)CCC. The van der Waals surface area contributed by atoms with Gasteiger partial charge in [-0.3, -0.25) is 0 Å². The zero-order valence-corrected chi connectivity index (χ0v) is 7.92. The molecule has 2 N–H and O–H groups in total. The fourth-order valence-electron chi connectivity index (χ4n) is 0.961. The summed E-state index contributed by atoms with van der Waals surface area (Å²) in [6.07, 6.45) is 3.81. The van der Waals surface area contributed by atoms with Gasteiger partial charge in [-0.05, 0) is 19.4 Å². The molecule has 0 amide bonds. The molecule has 0 aliphatic heterocycles. The highest BCUT2D eigenvalue weighted by atomic mass is 16.5. The van der Waals surface area contributed by atoms with Gasteiger partial charge in [0.05, 0.1) is 0 Å². The average Bonchev–Trinajstić information content (AvgIpc) is 2.05. The van der Waals surface area contributed by atoms with E-state index in [0.29, 0.717) is 0 Å². The van der Waals surface area contributed by atoms with E-state index in [-0.39, 0.29) is 0 Å². The third-order valence-corrected chi connectivity index (χ3v) is 1.54. The predicted molar refractivity (Wildman–Crippen MR) is 51.3 cm³/mol.